The molecule has 0 N–H and O–H groups in total. The summed E-state index contributed by atoms with van der Waals surface area (Å²) < 4.78 is 34.0. The first-order chi connectivity index (χ1) is 13.1. The van der Waals surface area contributed by atoms with Crippen molar-refractivity contribution < 1.29 is 13.5 Å². The molecule has 140 valence electrons. The number of ether oxygens (including phenoxy) is 1. The van der Waals surface area contributed by atoms with Gasteiger partial charge in [-0.3, -0.25) is 4.90 Å². The average molecular weight is 371 g/mol. The summed E-state index contributed by atoms with van der Waals surface area (Å²) in [7, 11) is 1.91. The molecule has 0 aliphatic carbocycles. The summed E-state index contributed by atoms with van der Waals surface area (Å²) in [5.74, 6) is -1.19. The lowest BCUT2D eigenvalue weighted by Crippen LogP contribution is -2.51. The number of benzene rings is 1. The van der Waals surface area contributed by atoms with Crippen molar-refractivity contribution in [2.75, 3.05) is 26.7 Å². The first kappa shape index (κ1) is 17.7. The third-order valence-electron chi connectivity index (χ3n) is 4.68. The van der Waals surface area contributed by atoms with E-state index in [4.69, 9.17) is 9.73 Å². The summed E-state index contributed by atoms with van der Waals surface area (Å²) in [5.41, 5.74) is 1.43. The minimum atomic E-state index is -0.683. The largest absolute Gasteiger partial charge is 0.371 e. The summed E-state index contributed by atoms with van der Waals surface area (Å²) in [4.78, 5) is 16.9. The van der Waals surface area contributed by atoms with Gasteiger partial charge in [-0.2, -0.15) is 0 Å². The second-order valence-electron chi connectivity index (χ2n) is 6.43. The van der Waals surface area contributed by atoms with Crippen LogP contribution in [0.5, 0.6) is 0 Å². The summed E-state index contributed by atoms with van der Waals surface area (Å²) in [5, 5.41) is 0. The standard InChI is InChI=1S/C19H19F2N5O/c1-25-8-6-16(15-5-7-22-12-23-15)24-19(25)26-9-10-27-17(11-26)18-13(20)3-2-4-14(18)21/h2-8,12,17,19H,9-11H2,1H3/t17?,19-/m1/s1. The van der Waals surface area contributed by atoms with E-state index in [-0.39, 0.29) is 11.9 Å². The number of rotatable bonds is 3. The van der Waals surface area contributed by atoms with Gasteiger partial charge in [-0.15, -0.1) is 0 Å². The van der Waals surface area contributed by atoms with E-state index < -0.39 is 17.7 Å². The molecule has 0 bridgehead atoms. The van der Waals surface area contributed by atoms with Crippen LogP contribution in [0.1, 0.15) is 17.4 Å². The molecule has 1 aromatic heterocycles. The second kappa shape index (κ2) is 7.50. The van der Waals surface area contributed by atoms with Crippen LogP contribution in [0, 0.1) is 11.6 Å². The number of allylic oxidation sites excluding steroid dienone is 1. The van der Waals surface area contributed by atoms with Crippen LogP contribution >= 0.6 is 0 Å². The summed E-state index contributed by atoms with van der Waals surface area (Å²) in [6.45, 7) is 1.31. The minimum Gasteiger partial charge on any atom is -0.371 e. The van der Waals surface area contributed by atoms with Gasteiger partial charge in [0.05, 0.1) is 23.6 Å². The quantitative estimate of drug-likeness (QED) is 0.829. The molecule has 2 aliphatic rings. The Bertz CT molecular complexity index is 853. The van der Waals surface area contributed by atoms with Gasteiger partial charge in [0.15, 0.2) is 6.29 Å². The lowest BCUT2D eigenvalue weighted by Gasteiger charge is -2.41. The monoisotopic (exact) mass is 371 g/mol. The van der Waals surface area contributed by atoms with Gasteiger partial charge in [0, 0.05) is 32.5 Å². The van der Waals surface area contributed by atoms with E-state index in [2.05, 4.69) is 9.97 Å². The van der Waals surface area contributed by atoms with Crippen LogP contribution in [0.4, 0.5) is 8.78 Å². The van der Waals surface area contributed by atoms with Gasteiger partial charge in [0.1, 0.15) is 24.1 Å². The van der Waals surface area contributed by atoms with Crippen molar-refractivity contribution in [1.82, 2.24) is 19.8 Å². The predicted molar refractivity (Wildman–Crippen MR) is 95.9 cm³/mol. The molecular weight excluding hydrogens is 352 g/mol. The van der Waals surface area contributed by atoms with Crippen LogP contribution in [-0.2, 0) is 4.74 Å². The summed E-state index contributed by atoms with van der Waals surface area (Å²) in [6, 6.07) is 5.65. The summed E-state index contributed by atoms with van der Waals surface area (Å²) >= 11 is 0. The highest BCUT2D eigenvalue weighted by molar-refractivity contribution is 6.07. The van der Waals surface area contributed by atoms with Crippen molar-refractivity contribution in [2.24, 2.45) is 4.99 Å². The molecule has 6 nitrogen and oxygen atoms in total. The number of hydrogen-bond donors (Lipinski definition) is 0. The molecule has 1 unspecified atom stereocenters. The number of halogens is 2. The van der Waals surface area contributed by atoms with E-state index in [0.29, 0.717) is 19.7 Å². The molecule has 2 aliphatic heterocycles. The maximum absolute atomic E-state index is 14.2. The van der Waals surface area contributed by atoms with Gasteiger partial charge >= 0.3 is 0 Å². The predicted octanol–water partition coefficient (Wildman–Crippen LogP) is 2.36. The average Bonchev–Trinajstić information content (AvgIpc) is 2.69. The minimum absolute atomic E-state index is 0.0313. The molecular formula is C19H19F2N5O. The fraction of sp³-hybridized carbons (Fsp3) is 0.316. The zero-order valence-corrected chi connectivity index (χ0v) is 14.8. The maximum Gasteiger partial charge on any atom is 0.178 e. The van der Waals surface area contributed by atoms with Gasteiger partial charge in [-0.25, -0.2) is 23.7 Å². The molecule has 3 heterocycles. The molecule has 0 spiro atoms. The highest BCUT2D eigenvalue weighted by Gasteiger charge is 2.32. The molecule has 8 heteroatoms. The first-order valence-electron chi connectivity index (χ1n) is 8.67. The first-order valence-corrected chi connectivity index (χ1v) is 8.67. The molecule has 0 radical (unpaired) electrons. The number of aromatic nitrogens is 2. The van der Waals surface area contributed by atoms with Crippen molar-refractivity contribution in [2.45, 2.75) is 12.4 Å². The Kier molecular flexibility index (Phi) is 4.91. The molecule has 0 saturated carbocycles. The molecule has 1 fully saturated rings. The smallest absolute Gasteiger partial charge is 0.178 e. The number of aliphatic imine (C=N–C) groups is 1. The van der Waals surface area contributed by atoms with Crippen molar-refractivity contribution in [3.8, 4) is 0 Å². The highest BCUT2D eigenvalue weighted by Crippen LogP contribution is 2.29. The topological polar surface area (TPSA) is 53.9 Å². The third kappa shape index (κ3) is 3.58. The molecule has 1 aromatic carbocycles. The number of nitrogens with zero attached hydrogens (tertiary/aromatic N) is 5. The fourth-order valence-electron chi connectivity index (χ4n) is 3.33. The molecule has 4 rings (SSSR count). The molecule has 2 atom stereocenters. The second-order valence-corrected chi connectivity index (χ2v) is 6.43. The highest BCUT2D eigenvalue weighted by atomic mass is 19.1. The van der Waals surface area contributed by atoms with Crippen LogP contribution in [0.15, 0.2) is 54.1 Å². The normalized spacial score (nSPS) is 23.4. The number of morpholine rings is 1. The Morgan fingerprint density at radius 3 is 2.74 bits per heavy atom. The fourth-order valence-corrected chi connectivity index (χ4v) is 3.33. The Balaban J connectivity index is 1.59. The Morgan fingerprint density at radius 1 is 1.19 bits per heavy atom. The maximum atomic E-state index is 14.2. The molecule has 2 aromatic rings. The van der Waals surface area contributed by atoms with Gasteiger partial charge < -0.3 is 9.64 Å². The van der Waals surface area contributed by atoms with Crippen LogP contribution in [-0.4, -0.2) is 58.5 Å². The summed E-state index contributed by atoms with van der Waals surface area (Å²) in [6.07, 6.45) is 5.96. The van der Waals surface area contributed by atoms with E-state index in [0.717, 1.165) is 11.4 Å². The van der Waals surface area contributed by atoms with Gasteiger partial charge in [0.25, 0.3) is 0 Å². The van der Waals surface area contributed by atoms with Crippen LogP contribution < -0.4 is 0 Å². The SMILES string of the molecule is CN1C=CC(c2ccncn2)=N[C@H]1N1CCOC(c2c(F)cccc2F)C1. The Labute approximate surface area is 155 Å². The third-order valence-corrected chi connectivity index (χ3v) is 4.68. The van der Waals surface area contributed by atoms with E-state index >= 15 is 0 Å². The molecule has 0 amide bonds. The molecule has 27 heavy (non-hydrogen) atoms. The van der Waals surface area contributed by atoms with E-state index in [9.17, 15) is 8.78 Å². The van der Waals surface area contributed by atoms with Gasteiger partial charge in [0.2, 0.25) is 0 Å². The zero-order chi connectivity index (χ0) is 18.8. The van der Waals surface area contributed by atoms with Crippen molar-refractivity contribution in [3.05, 3.63) is 72.0 Å². The van der Waals surface area contributed by atoms with Gasteiger partial charge in [-0.1, -0.05) is 6.07 Å². The van der Waals surface area contributed by atoms with Crippen molar-refractivity contribution >= 4 is 5.71 Å². The number of hydrogen-bond acceptors (Lipinski definition) is 6. The van der Waals surface area contributed by atoms with Crippen LogP contribution in [0.25, 0.3) is 0 Å². The Hall–Kier alpha value is -2.71. The lowest BCUT2D eigenvalue weighted by molar-refractivity contribution is -0.0657. The van der Waals surface area contributed by atoms with E-state index in [1.165, 1.54) is 24.5 Å². The van der Waals surface area contributed by atoms with Gasteiger partial charge in [-0.05, 0) is 24.3 Å². The van der Waals surface area contributed by atoms with Crippen LogP contribution in [0.2, 0.25) is 0 Å². The zero-order valence-electron chi connectivity index (χ0n) is 14.8. The van der Waals surface area contributed by atoms with Crippen molar-refractivity contribution in [3.63, 3.8) is 0 Å². The van der Waals surface area contributed by atoms with E-state index in [1.807, 2.05) is 29.1 Å². The van der Waals surface area contributed by atoms with Crippen LogP contribution in [0.3, 0.4) is 0 Å². The van der Waals surface area contributed by atoms with Crippen molar-refractivity contribution in [1.29, 1.82) is 0 Å². The Morgan fingerprint density at radius 2 is 2.00 bits per heavy atom. The van der Waals surface area contributed by atoms with E-state index in [1.54, 1.807) is 12.3 Å². The molecule has 1 saturated heterocycles. The lowest BCUT2D eigenvalue weighted by atomic mass is 10.1.